The quantitative estimate of drug-likeness (QED) is 0.809. The van der Waals surface area contributed by atoms with Crippen molar-refractivity contribution in [1.29, 1.82) is 0 Å². The fourth-order valence-electron chi connectivity index (χ4n) is 1.23. The van der Waals surface area contributed by atoms with Crippen molar-refractivity contribution in [2.45, 2.75) is 32.4 Å². The average molecular weight is 307 g/mol. The Morgan fingerprint density at radius 1 is 1.73 bits per heavy atom. The first kappa shape index (κ1) is 13.1. The Bertz CT molecular complexity index is 336. The van der Waals surface area contributed by atoms with E-state index in [9.17, 15) is 0 Å². The van der Waals surface area contributed by atoms with E-state index in [1.807, 2.05) is 6.07 Å². The van der Waals surface area contributed by atoms with Crippen molar-refractivity contribution in [3.8, 4) is 12.3 Å². The van der Waals surface area contributed by atoms with Gasteiger partial charge in [-0.1, -0.05) is 18.5 Å². The van der Waals surface area contributed by atoms with Gasteiger partial charge in [-0.2, -0.15) is 0 Å². The number of hydrogen-bond donors (Lipinski definition) is 1. The minimum absolute atomic E-state index is 0.398. The number of hydrogen-bond acceptors (Lipinski definition) is 2. The molecule has 1 N–H and O–H groups in total. The predicted molar refractivity (Wildman–Crippen MR) is 71.4 cm³/mol. The highest BCUT2D eigenvalue weighted by molar-refractivity contribution is 9.10. The van der Waals surface area contributed by atoms with E-state index in [-0.39, 0.29) is 0 Å². The zero-order chi connectivity index (χ0) is 11.3. The summed E-state index contributed by atoms with van der Waals surface area (Å²) in [5.74, 6) is 2.68. The van der Waals surface area contributed by atoms with Gasteiger partial charge in [0.25, 0.3) is 0 Å². The molecular formula is C11H13BrClNS. The molecule has 0 saturated carbocycles. The van der Waals surface area contributed by atoms with Crippen LogP contribution in [0.4, 0.5) is 0 Å². The number of rotatable bonds is 5. The molecule has 1 aromatic heterocycles. The predicted octanol–water partition coefficient (Wildman–Crippen LogP) is 4.06. The van der Waals surface area contributed by atoms with E-state index in [0.717, 1.165) is 28.2 Å². The van der Waals surface area contributed by atoms with Gasteiger partial charge in [0.2, 0.25) is 0 Å². The van der Waals surface area contributed by atoms with E-state index in [0.29, 0.717) is 6.04 Å². The summed E-state index contributed by atoms with van der Waals surface area (Å²) in [6.45, 7) is 2.96. The van der Waals surface area contributed by atoms with Crippen LogP contribution in [0, 0.1) is 12.3 Å². The topological polar surface area (TPSA) is 12.0 Å². The molecule has 4 heteroatoms. The second kappa shape index (κ2) is 6.55. The van der Waals surface area contributed by atoms with Gasteiger partial charge in [0.05, 0.1) is 0 Å². The Kier molecular flexibility index (Phi) is 5.70. The lowest BCUT2D eigenvalue weighted by Gasteiger charge is -2.12. The number of nitrogens with one attached hydrogen (secondary N) is 1. The molecule has 1 aromatic rings. The highest BCUT2D eigenvalue weighted by Crippen LogP contribution is 2.31. The fourth-order valence-corrected chi connectivity index (χ4v) is 2.97. The van der Waals surface area contributed by atoms with Gasteiger partial charge in [-0.3, -0.25) is 0 Å². The van der Waals surface area contributed by atoms with Gasteiger partial charge in [0, 0.05) is 28.4 Å². The molecule has 1 atom stereocenters. The SMILES string of the molecule is C#CCC(CC)NCc1cc(Br)c(Cl)s1. The number of halogens is 2. The Hall–Kier alpha value is -0.0100. The minimum Gasteiger partial charge on any atom is -0.308 e. The van der Waals surface area contributed by atoms with Crippen molar-refractivity contribution in [2.24, 2.45) is 0 Å². The van der Waals surface area contributed by atoms with Crippen LogP contribution in [-0.2, 0) is 6.54 Å². The summed E-state index contributed by atoms with van der Waals surface area (Å²) in [6, 6.07) is 2.44. The maximum Gasteiger partial charge on any atom is 0.107 e. The maximum absolute atomic E-state index is 5.95. The van der Waals surface area contributed by atoms with Crippen LogP contribution in [0.3, 0.4) is 0 Å². The van der Waals surface area contributed by atoms with E-state index in [1.165, 1.54) is 4.88 Å². The van der Waals surface area contributed by atoms with Crippen molar-refractivity contribution in [2.75, 3.05) is 0 Å². The third-order valence-electron chi connectivity index (χ3n) is 2.12. The normalized spacial score (nSPS) is 12.4. The first-order valence-corrected chi connectivity index (χ1v) is 6.76. The molecule has 0 aliphatic carbocycles. The lowest BCUT2D eigenvalue weighted by atomic mass is 10.1. The summed E-state index contributed by atoms with van der Waals surface area (Å²) < 4.78 is 1.77. The number of thiophene rings is 1. The molecule has 1 rings (SSSR count). The second-order valence-electron chi connectivity index (χ2n) is 3.23. The Morgan fingerprint density at radius 3 is 2.93 bits per heavy atom. The van der Waals surface area contributed by atoms with Crippen molar-refractivity contribution in [1.82, 2.24) is 5.32 Å². The highest BCUT2D eigenvalue weighted by Gasteiger charge is 2.07. The van der Waals surface area contributed by atoms with Crippen LogP contribution < -0.4 is 5.32 Å². The van der Waals surface area contributed by atoms with Crippen LogP contribution in [0.25, 0.3) is 0 Å². The Morgan fingerprint density at radius 2 is 2.47 bits per heavy atom. The molecule has 0 amide bonds. The first-order valence-electron chi connectivity index (χ1n) is 4.78. The molecule has 1 unspecified atom stereocenters. The molecule has 0 aliphatic rings. The minimum atomic E-state index is 0.398. The molecule has 0 aliphatic heterocycles. The fraction of sp³-hybridized carbons (Fsp3) is 0.455. The van der Waals surface area contributed by atoms with Crippen LogP contribution in [-0.4, -0.2) is 6.04 Å². The van der Waals surface area contributed by atoms with Gasteiger partial charge >= 0.3 is 0 Å². The summed E-state index contributed by atoms with van der Waals surface area (Å²) >= 11 is 10.9. The molecule has 0 radical (unpaired) electrons. The molecule has 1 heterocycles. The average Bonchev–Trinajstić information content (AvgIpc) is 2.53. The molecule has 15 heavy (non-hydrogen) atoms. The standard InChI is InChI=1S/C11H13BrClNS/c1-3-5-8(4-2)14-7-9-6-10(12)11(13)15-9/h1,6,8,14H,4-5,7H2,2H3. The molecule has 0 aromatic carbocycles. The summed E-state index contributed by atoms with van der Waals surface area (Å²) in [5.41, 5.74) is 0. The van der Waals surface area contributed by atoms with Crippen molar-refractivity contribution in [3.05, 3.63) is 19.8 Å². The van der Waals surface area contributed by atoms with E-state index < -0.39 is 0 Å². The van der Waals surface area contributed by atoms with Crippen LogP contribution in [0.15, 0.2) is 10.5 Å². The molecule has 0 spiro atoms. The van der Waals surface area contributed by atoms with Crippen molar-refractivity contribution in [3.63, 3.8) is 0 Å². The van der Waals surface area contributed by atoms with Crippen LogP contribution in [0.1, 0.15) is 24.6 Å². The molecule has 82 valence electrons. The summed E-state index contributed by atoms with van der Waals surface area (Å²) in [7, 11) is 0. The van der Waals surface area contributed by atoms with Crippen molar-refractivity contribution >= 4 is 38.9 Å². The molecular weight excluding hydrogens is 294 g/mol. The Labute approximate surface area is 108 Å². The molecule has 1 nitrogen and oxygen atoms in total. The second-order valence-corrected chi connectivity index (χ2v) is 5.82. The van der Waals surface area contributed by atoms with E-state index in [1.54, 1.807) is 11.3 Å². The van der Waals surface area contributed by atoms with Crippen LogP contribution in [0.5, 0.6) is 0 Å². The third kappa shape index (κ3) is 4.16. The van der Waals surface area contributed by atoms with Gasteiger partial charge in [-0.05, 0) is 28.4 Å². The highest BCUT2D eigenvalue weighted by atomic mass is 79.9. The van der Waals surface area contributed by atoms with E-state index in [4.69, 9.17) is 18.0 Å². The summed E-state index contributed by atoms with van der Waals surface area (Å²) in [4.78, 5) is 1.22. The lowest BCUT2D eigenvalue weighted by molar-refractivity contribution is 0.509. The molecule has 0 bridgehead atoms. The largest absolute Gasteiger partial charge is 0.308 e. The van der Waals surface area contributed by atoms with Crippen LogP contribution in [0.2, 0.25) is 4.34 Å². The van der Waals surface area contributed by atoms with Gasteiger partial charge in [0.15, 0.2) is 0 Å². The van der Waals surface area contributed by atoms with Gasteiger partial charge in [-0.15, -0.1) is 23.7 Å². The molecule has 0 fully saturated rings. The zero-order valence-electron chi connectivity index (χ0n) is 8.52. The monoisotopic (exact) mass is 305 g/mol. The van der Waals surface area contributed by atoms with Crippen molar-refractivity contribution < 1.29 is 0 Å². The Balaban J connectivity index is 2.46. The van der Waals surface area contributed by atoms with Gasteiger partial charge in [0.1, 0.15) is 4.34 Å². The van der Waals surface area contributed by atoms with E-state index >= 15 is 0 Å². The smallest absolute Gasteiger partial charge is 0.107 e. The summed E-state index contributed by atoms with van der Waals surface area (Å²) in [6.07, 6.45) is 7.11. The van der Waals surface area contributed by atoms with Gasteiger partial charge in [-0.25, -0.2) is 0 Å². The van der Waals surface area contributed by atoms with Crippen LogP contribution >= 0.6 is 38.9 Å². The lowest BCUT2D eigenvalue weighted by Crippen LogP contribution is -2.26. The van der Waals surface area contributed by atoms with Gasteiger partial charge < -0.3 is 5.32 Å². The maximum atomic E-state index is 5.95. The first-order chi connectivity index (χ1) is 7.17. The zero-order valence-corrected chi connectivity index (χ0v) is 11.7. The molecule has 0 saturated heterocycles. The number of terminal acetylenes is 1. The van der Waals surface area contributed by atoms with E-state index in [2.05, 4.69) is 34.1 Å². The summed E-state index contributed by atoms with van der Waals surface area (Å²) in [5, 5.41) is 3.42. The third-order valence-corrected chi connectivity index (χ3v) is 4.59.